The maximum atomic E-state index is 10.1. The Labute approximate surface area is 110 Å². The number of hydrogen-bond acceptors (Lipinski definition) is 2. The third kappa shape index (κ3) is 3.82. The molecule has 1 unspecified atom stereocenters. The van der Waals surface area contributed by atoms with E-state index in [1.54, 1.807) is 0 Å². The highest BCUT2D eigenvalue weighted by Crippen LogP contribution is 2.23. The van der Waals surface area contributed by atoms with E-state index in [4.69, 9.17) is 0 Å². The first kappa shape index (κ1) is 13.6. The van der Waals surface area contributed by atoms with E-state index in [-0.39, 0.29) is 11.6 Å². The molecule has 100 valence electrons. The number of fused-ring (bicyclic) bond motifs is 1. The smallest absolute Gasteiger partial charge is 0.0705 e. The van der Waals surface area contributed by atoms with Crippen LogP contribution in [0.1, 0.15) is 43.9 Å². The third-order valence-electron chi connectivity index (χ3n) is 3.50. The Morgan fingerprint density at radius 1 is 1.22 bits per heavy atom. The molecule has 0 saturated carbocycles. The Morgan fingerprint density at radius 3 is 2.67 bits per heavy atom. The van der Waals surface area contributed by atoms with Gasteiger partial charge in [-0.05, 0) is 63.1 Å². The summed E-state index contributed by atoms with van der Waals surface area (Å²) >= 11 is 0. The van der Waals surface area contributed by atoms with Crippen molar-refractivity contribution in [3.8, 4) is 0 Å². The van der Waals surface area contributed by atoms with Gasteiger partial charge in [-0.25, -0.2) is 0 Å². The molecule has 0 fully saturated rings. The third-order valence-corrected chi connectivity index (χ3v) is 3.50. The van der Waals surface area contributed by atoms with E-state index < -0.39 is 0 Å². The van der Waals surface area contributed by atoms with E-state index in [1.165, 1.54) is 36.0 Å². The number of aliphatic hydroxyl groups is 1. The Bertz CT molecular complexity index is 406. The lowest BCUT2D eigenvalue weighted by molar-refractivity contribution is 0.161. The molecule has 2 heteroatoms. The zero-order valence-electron chi connectivity index (χ0n) is 11.8. The zero-order chi connectivity index (χ0) is 13.2. The number of hydrogen-bond donors (Lipinski definition) is 2. The standard InChI is InChI=1S/C16H25NO/c1-16(2,3)17-11-15(18)10-12-7-8-13-5-4-6-14(13)9-12/h7-9,15,17-18H,4-6,10-11H2,1-3H3. The van der Waals surface area contributed by atoms with E-state index >= 15 is 0 Å². The first-order valence-corrected chi connectivity index (χ1v) is 6.98. The second kappa shape index (κ2) is 5.41. The van der Waals surface area contributed by atoms with Gasteiger partial charge in [0.2, 0.25) is 0 Å². The molecule has 2 nitrogen and oxygen atoms in total. The molecule has 18 heavy (non-hydrogen) atoms. The fourth-order valence-electron chi connectivity index (χ4n) is 2.52. The van der Waals surface area contributed by atoms with Crippen LogP contribution in [0.5, 0.6) is 0 Å². The van der Waals surface area contributed by atoms with Gasteiger partial charge in [-0.1, -0.05) is 18.2 Å². The van der Waals surface area contributed by atoms with Crippen molar-refractivity contribution in [2.75, 3.05) is 6.54 Å². The monoisotopic (exact) mass is 247 g/mol. The van der Waals surface area contributed by atoms with Crippen LogP contribution in [0.3, 0.4) is 0 Å². The highest BCUT2D eigenvalue weighted by molar-refractivity contribution is 5.35. The van der Waals surface area contributed by atoms with Gasteiger partial charge in [0.05, 0.1) is 6.10 Å². The SMILES string of the molecule is CC(C)(C)NCC(O)Cc1ccc2c(c1)CCC2. The van der Waals surface area contributed by atoms with E-state index in [0.717, 1.165) is 6.42 Å². The first-order chi connectivity index (χ1) is 8.44. The van der Waals surface area contributed by atoms with Crippen LogP contribution in [0.2, 0.25) is 0 Å². The molecule has 2 rings (SSSR count). The lowest BCUT2D eigenvalue weighted by Gasteiger charge is -2.23. The van der Waals surface area contributed by atoms with Crippen molar-refractivity contribution in [3.63, 3.8) is 0 Å². The van der Waals surface area contributed by atoms with Gasteiger partial charge in [-0.2, -0.15) is 0 Å². The lowest BCUT2D eigenvalue weighted by atomic mass is 10.0. The Hall–Kier alpha value is -0.860. The average Bonchev–Trinajstić information content (AvgIpc) is 2.72. The molecule has 1 atom stereocenters. The summed E-state index contributed by atoms with van der Waals surface area (Å²) in [5.41, 5.74) is 4.32. The van der Waals surface area contributed by atoms with Crippen LogP contribution in [0.15, 0.2) is 18.2 Å². The Balaban J connectivity index is 1.89. The van der Waals surface area contributed by atoms with Crippen LogP contribution in [-0.2, 0) is 19.3 Å². The van der Waals surface area contributed by atoms with Gasteiger partial charge >= 0.3 is 0 Å². The summed E-state index contributed by atoms with van der Waals surface area (Å²) < 4.78 is 0. The quantitative estimate of drug-likeness (QED) is 0.856. The number of benzene rings is 1. The molecule has 1 aliphatic rings. The van der Waals surface area contributed by atoms with Crippen molar-refractivity contribution in [2.45, 2.75) is 58.1 Å². The molecule has 2 N–H and O–H groups in total. The van der Waals surface area contributed by atoms with Crippen LogP contribution >= 0.6 is 0 Å². The second-order valence-corrected chi connectivity index (χ2v) is 6.45. The van der Waals surface area contributed by atoms with Crippen molar-refractivity contribution >= 4 is 0 Å². The number of nitrogens with one attached hydrogen (secondary N) is 1. The number of aryl methyl sites for hydroxylation is 2. The van der Waals surface area contributed by atoms with Crippen molar-refractivity contribution < 1.29 is 5.11 Å². The summed E-state index contributed by atoms with van der Waals surface area (Å²) in [7, 11) is 0. The van der Waals surface area contributed by atoms with E-state index in [1.807, 2.05) is 0 Å². The predicted octanol–water partition coefficient (Wildman–Crippen LogP) is 2.47. The minimum atomic E-state index is -0.302. The largest absolute Gasteiger partial charge is 0.391 e. The van der Waals surface area contributed by atoms with Gasteiger partial charge in [0.25, 0.3) is 0 Å². The van der Waals surface area contributed by atoms with E-state index in [0.29, 0.717) is 6.54 Å². The molecule has 0 bridgehead atoms. The minimum Gasteiger partial charge on any atom is -0.391 e. The van der Waals surface area contributed by atoms with Crippen LogP contribution in [-0.4, -0.2) is 23.3 Å². The summed E-state index contributed by atoms with van der Waals surface area (Å²) in [6, 6.07) is 6.69. The van der Waals surface area contributed by atoms with Crippen molar-refractivity contribution in [1.29, 1.82) is 0 Å². The molecule has 0 saturated heterocycles. The van der Waals surface area contributed by atoms with Crippen LogP contribution in [0, 0.1) is 0 Å². The molecule has 0 radical (unpaired) electrons. The molecule has 1 aromatic carbocycles. The molecular weight excluding hydrogens is 222 g/mol. The van der Waals surface area contributed by atoms with Crippen LogP contribution < -0.4 is 5.32 Å². The van der Waals surface area contributed by atoms with E-state index in [2.05, 4.69) is 44.3 Å². The first-order valence-electron chi connectivity index (χ1n) is 6.98. The van der Waals surface area contributed by atoms with Gasteiger partial charge < -0.3 is 10.4 Å². The Kier molecular flexibility index (Phi) is 4.08. The maximum absolute atomic E-state index is 10.1. The van der Waals surface area contributed by atoms with Gasteiger partial charge in [0.15, 0.2) is 0 Å². The summed E-state index contributed by atoms with van der Waals surface area (Å²) in [6.45, 7) is 7.01. The van der Waals surface area contributed by atoms with Gasteiger partial charge in [0.1, 0.15) is 0 Å². The highest BCUT2D eigenvalue weighted by atomic mass is 16.3. The second-order valence-electron chi connectivity index (χ2n) is 6.45. The predicted molar refractivity (Wildman–Crippen MR) is 75.9 cm³/mol. The summed E-state index contributed by atoms with van der Waals surface area (Å²) in [5, 5.41) is 13.4. The summed E-state index contributed by atoms with van der Waals surface area (Å²) in [5.74, 6) is 0. The van der Waals surface area contributed by atoms with Crippen LogP contribution in [0.25, 0.3) is 0 Å². The molecule has 0 aromatic heterocycles. The van der Waals surface area contributed by atoms with E-state index in [9.17, 15) is 5.11 Å². The maximum Gasteiger partial charge on any atom is 0.0705 e. The number of rotatable bonds is 4. The molecule has 0 heterocycles. The van der Waals surface area contributed by atoms with Crippen molar-refractivity contribution in [1.82, 2.24) is 5.32 Å². The minimum absolute atomic E-state index is 0.0684. The molecule has 0 amide bonds. The normalized spacial score (nSPS) is 16.7. The number of β-amino-alcohol motifs (C(OH)–C–C–N with tert-alkyl or cyclic N) is 1. The number of aliphatic hydroxyl groups excluding tert-OH is 1. The molecule has 0 spiro atoms. The van der Waals surface area contributed by atoms with Gasteiger partial charge in [0, 0.05) is 12.1 Å². The van der Waals surface area contributed by atoms with Gasteiger partial charge in [-0.3, -0.25) is 0 Å². The van der Waals surface area contributed by atoms with Gasteiger partial charge in [-0.15, -0.1) is 0 Å². The topological polar surface area (TPSA) is 32.3 Å². The fraction of sp³-hybridized carbons (Fsp3) is 0.625. The van der Waals surface area contributed by atoms with Crippen LogP contribution in [0.4, 0.5) is 0 Å². The lowest BCUT2D eigenvalue weighted by Crippen LogP contribution is -2.41. The molecule has 0 aliphatic heterocycles. The zero-order valence-corrected chi connectivity index (χ0v) is 11.8. The van der Waals surface area contributed by atoms with Crippen molar-refractivity contribution in [2.24, 2.45) is 0 Å². The average molecular weight is 247 g/mol. The highest BCUT2D eigenvalue weighted by Gasteiger charge is 2.14. The molecular formula is C16H25NO. The molecule has 1 aromatic rings. The molecule has 1 aliphatic carbocycles. The Morgan fingerprint density at radius 2 is 1.94 bits per heavy atom. The summed E-state index contributed by atoms with van der Waals surface area (Å²) in [4.78, 5) is 0. The van der Waals surface area contributed by atoms with Crippen molar-refractivity contribution in [3.05, 3.63) is 34.9 Å². The summed E-state index contributed by atoms with van der Waals surface area (Å²) in [6.07, 6.45) is 4.16. The fourth-order valence-corrected chi connectivity index (χ4v) is 2.52.